The van der Waals surface area contributed by atoms with Gasteiger partial charge in [-0.3, -0.25) is 10.1 Å². The first-order chi connectivity index (χ1) is 10.2. The molecule has 0 fully saturated rings. The smallest absolute Gasteiger partial charge is 0.268 e. The van der Waals surface area contributed by atoms with Crippen molar-refractivity contribution in [3.63, 3.8) is 0 Å². The maximum absolute atomic E-state index is 12.1. The number of halogens is 1. The average molecular weight is 350 g/mol. The predicted octanol–water partition coefficient (Wildman–Crippen LogP) is 3.58. The molecule has 0 amide bonds. The number of unbranched alkanes of at least 4 members (excludes halogenated alkanes) is 1. The van der Waals surface area contributed by atoms with Crippen LogP contribution in [0, 0.1) is 0 Å². The summed E-state index contributed by atoms with van der Waals surface area (Å²) in [5.41, 5.74) is 1.71. The van der Waals surface area contributed by atoms with Crippen LogP contribution in [-0.4, -0.2) is 16.8 Å². The van der Waals surface area contributed by atoms with Crippen LogP contribution in [0.1, 0.15) is 32.4 Å². The lowest BCUT2D eigenvalue weighted by atomic mass is 10.1. The highest BCUT2D eigenvalue weighted by molar-refractivity contribution is 9.10. The van der Waals surface area contributed by atoms with Gasteiger partial charge in [-0.2, -0.15) is 5.10 Å². The van der Waals surface area contributed by atoms with Gasteiger partial charge in [-0.1, -0.05) is 47.8 Å². The third kappa shape index (κ3) is 4.02. The first-order valence-electron chi connectivity index (χ1n) is 7.18. The highest BCUT2D eigenvalue weighted by atomic mass is 79.9. The molecule has 1 N–H and O–H groups in total. The van der Waals surface area contributed by atoms with Crippen LogP contribution >= 0.6 is 15.9 Å². The molecule has 0 radical (unpaired) electrons. The number of nitrogens with zero attached hydrogens (tertiary/aromatic N) is 2. The summed E-state index contributed by atoms with van der Waals surface area (Å²) in [4.78, 5) is 12.1. The Morgan fingerprint density at radius 2 is 2.14 bits per heavy atom. The fourth-order valence-corrected chi connectivity index (χ4v) is 2.64. The van der Waals surface area contributed by atoms with Crippen molar-refractivity contribution in [3.05, 3.63) is 51.2 Å². The number of hydrogen-bond acceptors (Lipinski definition) is 3. The minimum absolute atomic E-state index is 0.0652. The van der Waals surface area contributed by atoms with Gasteiger partial charge in [0.15, 0.2) is 0 Å². The van der Waals surface area contributed by atoms with Gasteiger partial charge in [-0.05, 0) is 31.7 Å². The summed E-state index contributed by atoms with van der Waals surface area (Å²) in [6.45, 7) is 2.14. The molecule has 1 unspecified atom stereocenters. The van der Waals surface area contributed by atoms with Gasteiger partial charge in [0.2, 0.25) is 0 Å². The molecule has 1 heterocycles. The van der Waals surface area contributed by atoms with Gasteiger partial charge in [0.05, 0.1) is 5.69 Å². The normalized spacial score (nSPS) is 12.3. The van der Waals surface area contributed by atoms with Gasteiger partial charge < -0.3 is 0 Å². The van der Waals surface area contributed by atoms with E-state index in [4.69, 9.17) is 0 Å². The van der Waals surface area contributed by atoms with E-state index in [1.165, 1.54) is 0 Å². The van der Waals surface area contributed by atoms with Gasteiger partial charge in [-0.15, -0.1) is 0 Å². The standard InChI is InChI=1S/C16H20BrN3O/c1-3-4-8-15(18-2)20-16(21)10-9-14(19-20)12-6-5-7-13(17)11-12/h5-7,9-11,15,18H,3-4,8H2,1-2H3. The maximum atomic E-state index is 12.1. The van der Waals surface area contributed by atoms with Gasteiger partial charge in [0.25, 0.3) is 5.56 Å². The molecule has 0 aliphatic heterocycles. The minimum atomic E-state index is -0.0794. The van der Waals surface area contributed by atoms with Crippen molar-refractivity contribution in [3.8, 4) is 11.3 Å². The SMILES string of the molecule is CCCCC(NC)n1nc(-c2cccc(Br)c2)ccc1=O. The van der Waals surface area contributed by atoms with Crippen molar-refractivity contribution in [2.75, 3.05) is 7.05 Å². The lowest BCUT2D eigenvalue weighted by Crippen LogP contribution is -2.34. The molecule has 2 rings (SSSR count). The fraction of sp³-hybridized carbons (Fsp3) is 0.375. The molecular formula is C16H20BrN3O. The van der Waals surface area contributed by atoms with Gasteiger partial charge in [-0.25, -0.2) is 4.68 Å². The largest absolute Gasteiger partial charge is 0.299 e. The Balaban J connectivity index is 2.39. The molecule has 0 aliphatic rings. The van der Waals surface area contributed by atoms with Gasteiger partial charge in [0.1, 0.15) is 6.17 Å². The Hall–Kier alpha value is -1.46. The van der Waals surface area contributed by atoms with Crippen LogP contribution in [0.2, 0.25) is 0 Å². The molecular weight excluding hydrogens is 330 g/mol. The summed E-state index contributed by atoms with van der Waals surface area (Å²) >= 11 is 3.46. The van der Waals surface area contributed by atoms with E-state index in [1.807, 2.05) is 31.3 Å². The van der Waals surface area contributed by atoms with E-state index >= 15 is 0 Å². The predicted molar refractivity (Wildman–Crippen MR) is 89.3 cm³/mol. The summed E-state index contributed by atoms with van der Waals surface area (Å²) in [6.07, 6.45) is 2.98. The first-order valence-corrected chi connectivity index (χ1v) is 7.98. The fourth-order valence-electron chi connectivity index (χ4n) is 2.24. The van der Waals surface area contributed by atoms with Crippen molar-refractivity contribution >= 4 is 15.9 Å². The minimum Gasteiger partial charge on any atom is -0.299 e. The van der Waals surface area contributed by atoms with E-state index in [0.717, 1.165) is 35.0 Å². The van der Waals surface area contributed by atoms with Crippen molar-refractivity contribution in [2.24, 2.45) is 0 Å². The summed E-state index contributed by atoms with van der Waals surface area (Å²) in [5, 5.41) is 7.70. The van der Waals surface area contributed by atoms with Crippen molar-refractivity contribution in [1.82, 2.24) is 15.1 Å². The molecule has 0 bridgehead atoms. The van der Waals surface area contributed by atoms with E-state index in [1.54, 1.807) is 16.8 Å². The zero-order chi connectivity index (χ0) is 15.2. The number of nitrogens with one attached hydrogen (secondary N) is 1. The second-order valence-corrected chi connectivity index (χ2v) is 5.87. The molecule has 1 aromatic heterocycles. The van der Waals surface area contributed by atoms with Crippen LogP contribution in [0.25, 0.3) is 11.3 Å². The van der Waals surface area contributed by atoms with Gasteiger partial charge in [0, 0.05) is 16.1 Å². The average Bonchev–Trinajstić information content (AvgIpc) is 2.49. The summed E-state index contributed by atoms with van der Waals surface area (Å²) in [7, 11) is 1.86. The van der Waals surface area contributed by atoms with E-state index in [0.29, 0.717) is 0 Å². The van der Waals surface area contributed by atoms with Crippen LogP contribution in [-0.2, 0) is 0 Å². The molecule has 2 aromatic rings. The Bertz CT molecular complexity index is 654. The topological polar surface area (TPSA) is 46.9 Å². The Morgan fingerprint density at radius 3 is 2.81 bits per heavy atom. The Morgan fingerprint density at radius 1 is 1.33 bits per heavy atom. The van der Waals surface area contributed by atoms with Crippen LogP contribution < -0.4 is 10.9 Å². The summed E-state index contributed by atoms with van der Waals surface area (Å²) < 4.78 is 2.54. The molecule has 4 nitrogen and oxygen atoms in total. The van der Waals surface area contributed by atoms with Crippen molar-refractivity contribution in [1.29, 1.82) is 0 Å². The summed E-state index contributed by atoms with van der Waals surface area (Å²) in [5.74, 6) is 0. The molecule has 1 aromatic carbocycles. The van der Waals surface area contributed by atoms with E-state index in [-0.39, 0.29) is 11.7 Å². The van der Waals surface area contributed by atoms with Gasteiger partial charge >= 0.3 is 0 Å². The highest BCUT2D eigenvalue weighted by Crippen LogP contribution is 2.20. The summed E-state index contributed by atoms with van der Waals surface area (Å²) in [6, 6.07) is 11.3. The second-order valence-electron chi connectivity index (χ2n) is 4.96. The third-order valence-corrected chi connectivity index (χ3v) is 3.90. The van der Waals surface area contributed by atoms with Crippen LogP contribution in [0.3, 0.4) is 0 Å². The number of rotatable bonds is 6. The monoisotopic (exact) mass is 349 g/mol. The van der Waals surface area contributed by atoms with E-state index in [2.05, 4.69) is 33.3 Å². The molecule has 0 saturated heterocycles. The molecule has 0 saturated carbocycles. The van der Waals surface area contributed by atoms with E-state index in [9.17, 15) is 4.79 Å². The second kappa shape index (κ2) is 7.52. The quantitative estimate of drug-likeness (QED) is 0.866. The zero-order valence-corrected chi connectivity index (χ0v) is 13.9. The first kappa shape index (κ1) is 15.9. The Labute approximate surface area is 133 Å². The third-order valence-electron chi connectivity index (χ3n) is 3.40. The number of benzene rings is 1. The highest BCUT2D eigenvalue weighted by Gasteiger charge is 2.12. The lowest BCUT2D eigenvalue weighted by molar-refractivity contribution is 0.349. The van der Waals surface area contributed by atoms with Crippen LogP contribution in [0.15, 0.2) is 45.7 Å². The lowest BCUT2D eigenvalue weighted by Gasteiger charge is -2.18. The van der Waals surface area contributed by atoms with Crippen LogP contribution in [0.4, 0.5) is 0 Å². The molecule has 21 heavy (non-hydrogen) atoms. The van der Waals surface area contributed by atoms with Crippen LogP contribution in [0.5, 0.6) is 0 Å². The number of aromatic nitrogens is 2. The van der Waals surface area contributed by atoms with Crippen molar-refractivity contribution < 1.29 is 0 Å². The molecule has 1 atom stereocenters. The maximum Gasteiger partial charge on any atom is 0.268 e. The molecule has 5 heteroatoms. The molecule has 0 aliphatic carbocycles. The van der Waals surface area contributed by atoms with Crippen molar-refractivity contribution in [2.45, 2.75) is 32.4 Å². The molecule has 112 valence electrons. The van der Waals surface area contributed by atoms with E-state index < -0.39 is 0 Å². The zero-order valence-electron chi connectivity index (χ0n) is 12.3. The molecule has 0 spiro atoms. The number of hydrogen-bond donors (Lipinski definition) is 1. The Kier molecular flexibility index (Phi) is 5.70.